The molecule has 3 aromatic carbocycles. The first kappa shape index (κ1) is 18.8. The Kier molecular flexibility index (Phi) is 4.87. The molecule has 0 radical (unpaired) electrons. The van der Waals surface area contributed by atoms with E-state index in [1.807, 2.05) is 6.92 Å². The minimum atomic E-state index is -4.23. The van der Waals surface area contributed by atoms with Crippen molar-refractivity contribution < 1.29 is 31.1 Å². The summed E-state index contributed by atoms with van der Waals surface area (Å²) in [5, 5.41) is 0. The number of hydrogen-bond acceptors (Lipinski definition) is 1. The Labute approximate surface area is 150 Å². The lowest BCUT2D eigenvalue weighted by Crippen LogP contribution is -2.23. The minimum Gasteiger partial charge on any atom is -0.429 e. The van der Waals surface area contributed by atoms with Crippen LogP contribution in [0, 0.1) is 30.2 Å². The molecular weight excluding hydrogens is 370 g/mol. The van der Waals surface area contributed by atoms with Gasteiger partial charge in [0, 0.05) is 12.1 Å². The van der Waals surface area contributed by atoms with Crippen molar-refractivity contribution in [2.75, 3.05) is 0 Å². The molecule has 0 bridgehead atoms. The summed E-state index contributed by atoms with van der Waals surface area (Å²) in [5.74, 6) is -7.45. The fourth-order valence-electron chi connectivity index (χ4n) is 2.47. The average molecular weight is 382 g/mol. The molecule has 3 aromatic rings. The standard InChI is InChI=1S/C20H12F6O/c1-11-2-4-12(5-3-11)13-6-7-15(16(21)8-13)20(25,26)27-14-9-17(22)19(24)18(23)10-14/h2-10H,1H3. The zero-order chi connectivity index (χ0) is 19.8. The molecule has 7 heteroatoms. The topological polar surface area (TPSA) is 9.23 Å². The second-order valence-corrected chi connectivity index (χ2v) is 5.88. The van der Waals surface area contributed by atoms with Gasteiger partial charge in [-0.05, 0) is 30.2 Å². The molecule has 0 spiro atoms. The van der Waals surface area contributed by atoms with E-state index in [4.69, 9.17) is 0 Å². The first-order chi connectivity index (χ1) is 12.7. The molecule has 0 saturated carbocycles. The molecule has 0 fully saturated rings. The summed E-state index contributed by atoms with van der Waals surface area (Å²) in [5.41, 5.74) is 0.849. The van der Waals surface area contributed by atoms with E-state index >= 15 is 0 Å². The normalized spacial score (nSPS) is 11.5. The number of halogens is 6. The van der Waals surface area contributed by atoms with Crippen molar-refractivity contribution in [3.05, 3.63) is 89.0 Å². The van der Waals surface area contributed by atoms with Gasteiger partial charge in [0.05, 0.1) is 5.56 Å². The summed E-state index contributed by atoms with van der Waals surface area (Å²) in [4.78, 5) is 0. The Morgan fingerprint density at radius 2 is 1.26 bits per heavy atom. The highest BCUT2D eigenvalue weighted by molar-refractivity contribution is 5.64. The first-order valence-electron chi connectivity index (χ1n) is 7.76. The highest BCUT2D eigenvalue weighted by Gasteiger charge is 2.38. The van der Waals surface area contributed by atoms with Gasteiger partial charge in [-0.3, -0.25) is 0 Å². The number of rotatable bonds is 4. The fraction of sp³-hybridized carbons (Fsp3) is 0.100. The maximum atomic E-state index is 14.3. The molecule has 0 aromatic heterocycles. The van der Waals surface area contributed by atoms with Crippen LogP contribution in [0.5, 0.6) is 5.75 Å². The molecule has 0 saturated heterocycles. The van der Waals surface area contributed by atoms with Gasteiger partial charge in [0.1, 0.15) is 11.6 Å². The number of benzene rings is 3. The van der Waals surface area contributed by atoms with Crippen molar-refractivity contribution >= 4 is 0 Å². The molecule has 1 nitrogen and oxygen atoms in total. The highest BCUT2D eigenvalue weighted by atomic mass is 19.3. The van der Waals surface area contributed by atoms with Crippen molar-refractivity contribution in [3.63, 3.8) is 0 Å². The van der Waals surface area contributed by atoms with Crippen LogP contribution in [0.2, 0.25) is 0 Å². The van der Waals surface area contributed by atoms with E-state index in [-0.39, 0.29) is 12.1 Å². The minimum absolute atomic E-state index is 0.255. The van der Waals surface area contributed by atoms with Crippen molar-refractivity contribution in [3.8, 4) is 16.9 Å². The van der Waals surface area contributed by atoms with Gasteiger partial charge in [-0.2, -0.15) is 8.78 Å². The molecule has 0 unspecified atom stereocenters. The molecule has 0 amide bonds. The second-order valence-electron chi connectivity index (χ2n) is 5.88. The predicted molar refractivity (Wildman–Crippen MR) is 87.4 cm³/mol. The molecule has 3 rings (SSSR count). The SMILES string of the molecule is Cc1ccc(-c2ccc(C(F)(F)Oc3cc(F)c(F)c(F)c3)c(F)c2)cc1. The van der Waals surface area contributed by atoms with Crippen LogP contribution < -0.4 is 4.74 Å². The zero-order valence-corrected chi connectivity index (χ0v) is 13.9. The Morgan fingerprint density at radius 3 is 1.81 bits per heavy atom. The van der Waals surface area contributed by atoms with Crippen molar-refractivity contribution in [1.82, 2.24) is 0 Å². The second kappa shape index (κ2) is 6.98. The number of hydrogen-bond donors (Lipinski definition) is 0. The predicted octanol–water partition coefficient (Wildman–Crippen LogP) is 6.35. The Balaban J connectivity index is 1.91. The van der Waals surface area contributed by atoms with Gasteiger partial charge in [-0.1, -0.05) is 35.9 Å². The lowest BCUT2D eigenvalue weighted by atomic mass is 10.0. The number of ether oxygens (including phenoxy) is 1. The molecule has 0 atom stereocenters. The lowest BCUT2D eigenvalue weighted by molar-refractivity contribution is -0.187. The van der Waals surface area contributed by atoms with Crippen molar-refractivity contribution in [1.29, 1.82) is 0 Å². The van der Waals surface area contributed by atoms with Crippen molar-refractivity contribution in [2.45, 2.75) is 13.0 Å². The van der Waals surface area contributed by atoms with Crippen LogP contribution >= 0.6 is 0 Å². The third kappa shape index (κ3) is 3.92. The largest absolute Gasteiger partial charge is 0.429 e. The van der Waals surface area contributed by atoms with E-state index in [9.17, 15) is 26.3 Å². The smallest absolute Gasteiger partial charge is 0.429 e. The molecule has 0 aliphatic carbocycles. The summed E-state index contributed by atoms with van der Waals surface area (Å²) in [6, 6.07) is 10.5. The van der Waals surface area contributed by atoms with E-state index in [0.717, 1.165) is 17.7 Å². The highest BCUT2D eigenvalue weighted by Crippen LogP contribution is 2.35. The third-order valence-corrected chi connectivity index (χ3v) is 3.87. The summed E-state index contributed by atoms with van der Waals surface area (Å²) in [7, 11) is 0. The summed E-state index contributed by atoms with van der Waals surface area (Å²) in [6.07, 6.45) is -4.23. The van der Waals surface area contributed by atoms with E-state index in [2.05, 4.69) is 4.74 Å². The van der Waals surface area contributed by atoms with Gasteiger partial charge < -0.3 is 4.74 Å². The molecule has 0 N–H and O–H groups in total. The fourth-order valence-corrected chi connectivity index (χ4v) is 2.47. The lowest BCUT2D eigenvalue weighted by Gasteiger charge is -2.19. The third-order valence-electron chi connectivity index (χ3n) is 3.87. The molecule has 0 aliphatic heterocycles. The quantitative estimate of drug-likeness (QED) is 0.378. The Hall–Kier alpha value is -2.96. The van der Waals surface area contributed by atoms with E-state index in [1.165, 1.54) is 6.07 Å². The van der Waals surface area contributed by atoms with Gasteiger partial charge >= 0.3 is 6.11 Å². The molecular formula is C20H12F6O. The first-order valence-corrected chi connectivity index (χ1v) is 7.76. The average Bonchev–Trinajstić information content (AvgIpc) is 2.59. The maximum absolute atomic E-state index is 14.3. The maximum Gasteiger partial charge on any atom is 0.429 e. The van der Waals surface area contributed by atoms with Crippen LogP contribution in [-0.2, 0) is 6.11 Å². The molecule has 140 valence electrons. The summed E-state index contributed by atoms with van der Waals surface area (Å²) in [6.45, 7) is 1.87. The number of alkyl halides is 2. The molecule has 0 aliphatic rings. The zero-order valence-electron chi connectivity index (χ0n) is 13.9. The monoisotopic (exact) mass is 382 g/mol. The molecule has 27 heavy (non-hydrogen) atoms. The Bertz CT molecular complexity index is 959. The van der Waals surface area contributed by atoms with E-state index < -0.39 is 40.7 Å². The van der Waals surface area contributed by atoms with Gasteiger partial charge in [-0.25, -0.2) is 17.6 Å². The van der Waals surface area contributed by atoms with Gasteiger partial charge in [0.15, 0.2) is 17.5 Å². The Morgan fingerprint density at radius 1 is 0.704 bits per heavy atom. The summed E-state index contributed by atoms with van der Waals surface area (Å²) < 4.78 is 86.2. The van der Waals surface area contributed by atoms with Gasteiger partial charge in [-0.15, -0.1) is 0 Å². The van der Waals surface area contributed by atoms with E-state index in [0.29, 0.717) is 11.1 Å². The van der Waals surface area contributed by atoms with Gasteiger partial charge in [0.25, 0.3) is 0 Å². The van der Waals surface area contributed by atoms with Crippen LogP contribution in [0.25, 0.3) is 11.1 Å². The summed E-state index contributed by atoms with van der Waals surface area (Å²) >= 11 is 0. The van der Waals surface area contributed by atoms with Crippen LogP contribution in [0.3, 0.4) is 0 Å². The van der Waals surface area contributed by atoms with Crippen molar-refractivity contribution in [2.24, 2.45) is 0 Å². The van der Waals surface area contributed by atoms with Crippen LogP contribution in [0.1, 0.15) is 11.1 Å². The van der Waals surface area contributed by atoms with E-state index in [1.54, 1.807) is 24.3 Å². The van der Waals surface area contributed by atoms with Crippen LogP contribution in [-0.4, -0.2) is 0 Å². The number of aryl methyl sites for hydroxylation is 1. The van der Waals surface area contributed by atoms with Gasteiger partial charge in [0.2, 0.25) is 0 Å². The molecule has 0 heterocycles. The van der Waals surface area contributed by atoms with Crippen LogP contribution in [0.15, 0.2) is 54.6 Å². The van der Waals surface area contributed by atoms with Crippen LogP contribution in [0.4, 0.5) is 26.3 Å².